The summed E-state index contributed by atoms with van der Waals surface area (Å²) in [5.41, 5.74) is 1.73. The third kappa shape index (κ3) is 3.95. The summed E-state index contributed by atoms with van der Waals surface area (Å²) in [6, 6.07) is 13.3. The van der Waals surface area contributed by atoms with Crippen LogP contribution in [0.1, 0.15) is 29.0 Å². The standard InChI is InChI=1S/C20H15ClFN3O2S/c21-13-6-4-12(5-7-13)15-9-16(26)23-18-17(15)19(27)25-20(24-18)28-10-11-2-1-3-14(22)8-11/h1-8,15H,9-10H2,(H2,23,24,25,26,27). The second kappa shape index (κ2) is 7.77. The lowest BCUT2D eigenvalue weighted by molar-refractivity contribution is -0.116. The Morgan fingerprint density at radius 2 is 1.96 bits per heavy atom. The number of anilines is 1. The number of rotatable bonds is 4. The Balaban J connectivity index is 1.65. The lowest BCUT2D eigenvalue weighted by Gasteiger charge is -2.24. The summed E-state index contributed by atoms with van der Waals surface area (Å²) in [7, 11) is 0. The van der Waals surface area contributed by atoms with Gasteiger partial charge in [-0.25, -0.2) is 9.37 Å². The van der Waals surface area contributed by atoms with E-state index in [1.165, 1.54) is 23.9 Å². The summed E-state index contributed by atoms with van der Waals surface area (Å²) >= 11 is 7.21. The fraction of sp³-hybridized carbons (Fsp3) is 0.150. The molecular formula is C20H15ClFN3O2S. The molecule has 0 spiro atoms. The number of aromatic nitrogens is 2. The van der Waals surface area contributed by atoms with E-state index in [-0.39, 0.29) is 35.4 Å². The van der Waals surface area contributed by atoms with E-state index in [9.17, 15) is 14.0 Å². The Labute approximate surface area is 169 Å². The second-order valence-electron chi connectivity index (χ2n) is 6.41. The molecule has 1 aromatic heterocycles. The highest BCUT2D eigenvalue weighted by molar-refractivity contribution is 7.98. The predicted octanol–water partition coefficient (Wildman–Crippen LogP) is 4.33. The fourth-order valence-corrected chi connectivity index (χ4v) is 4.11. The van der Waals surface area contributed by atoms with E-state index < -0.39 is 0 Å². The number of halogens is 2. The Bertz CT molecular complexity index is 1100. The summed E-state index contributed by atoms with van der Waals surface area (Å²) in [6.45, 7) is 0. The van der Waals surface area contributed by atoms with E-state index in [1.807, 2.05) is 0 Å². The quantitative estimate of drug-likeness (QED) is 0.491. The lowest BCUT2D eigenvalue weighted by atomic mass is 9.87. The Morgan fingerprint density at radius 3 is 2.71 bits per heavy atom. The minimum Gasteiger partial charge on any atom is -0.310 e. The molecule has 1 unspecified atom stereocenters. The Morgan fingerprint density at radius 1 is 1.18 bits per heavy atom. The molecule has 142 valence electrons. The number of carbonyl (C=O) groups excluding carboxylic acids is 1. The molecule has 2 N–H and O–H groups in total. The first kappa shape index (κ1) is 18.7. The number of hydrogen-bond acceptors (Lipinski definition) is 4. The maximum absolute atomic E-state index is 13.3. The molecular weight excluding hydrogens is 401 g/mol. The summed E-state index contributed by atoms with van der Waals surface area (Å²) in [6.07, 6.45) is 0.162. The zero-order valence-electron chi connectivity index (χ0n) is 14.5. The maximum atomic E-state index is 13.3. The zero-order chi connectivity index (χ0) is 19.7. The Kier molecular flexibility index (Phi) is 5.19. The molecule has 5 nitrogen and oxygen atoms in total. The minimum atomic E-state index is -0.389. The van der Waals surface area contributed by atoms with E-state index in [0.29, 0.717) is 21.5 Å². The average molecular weight is 416 g/mol. The van der Waals surface area contributed by atoms with Crippen molar-refractivity contribution >= 4 is 35.1 Å². The van der Waals surface area contributed by atoms with Crippen LogP contribution in [0, 0.1) is 5.82 Å². The number of benzene rings is 2. The van der Waals surface area contributed by atoms with Gasteiger partial charge in [0, 0.05) is 23.1 Å². The van der Waals surface area contributed by atoms with Gasteiger partial charge in [0.05, 0.1) is 5.56 Å². The van der Waals surface area contributed by atoms with Crippen LogP contribution in [0.5, 0.6) is 0 Å². The molecule has 2 heterocycles. The van der Waals surface area contributed by atoms with Crippen molar-refractivity contribution < 1.29 is 9.18 Å². The third-order valence-electron chi connectivity index (χ3n) is 4.47. The van der Waals surface area contributed by atoms with E-state index in [1.54, 1.807) is 36.4 Å². The van der Waals surface area contributed by atoms with Gasteiger partial charge < -0.3 is 10.3 Å². The molecule has 8 heteroatoms. The fourth-order valence-electron chi connectivity index (χ4n) is 3.18. The van der Waals surface area contributed by atoms with Gasteiger partial charge in [-0.2, -0.15) is 0 Å². The molecule has 0 fully saturated rings. The summed E-state index contributed by atoms with van der Waals surface area (Å²) in [4.78, 5) is 32.1. The Hall–Kier alpha value is -2.64. The molecule has 2 aromatic carbocycles. The predicted molar refractivity (Wildman–Crippen MR) is 107 cm³/mol. The molecule has 4 rings (SSSR count). The average Bonchev–Trinajstić information content (AvgIpc) is 2.66. The minimum absolute atomic E-state index is 0.162. The summed E-state index contributed by atoms with van der Waals surface area (Å²) in [5.74, 6) is -0.204. The summed E-state index contributed by atoms with van der Waals surface area (Å²) in [5, 5.41) is 3.64. The highest BCUT2D eigenvalue weighted by Crippen LogP contribution is 2.35. The van der Waals surface area contributed by atoms with Gasteiger partial charge >= 0.3 is 0 Å². The number of amides is 1. The van der Waals surface area contributed by atoms with Crippen LogP contribution in [-0.4, -0.2) is 15.9 Å². The van der Waals surface area contributed by atoms with Crippen LogP contribution in [0.4, 0.5) is 10.2 Å². The maximum Gasteiger partial charge on any atom is 0.257 e. The smallest absolute Gasteiger partial charge is 0.257 e. The van der Waals surface area contributed by atoms with Crippen LogP contribution in [0.3, 0.4) is 0 Å². The highest BCUT2D eigenvalue weighted by atomic mass is 35.5. The number of H-pyrrole nitrogens is 1. The largest absolute Gasteiger partial charge is 0.310 e. The number of nitrogens with one attached hydrogen (secondary N) is 2. The van der Waals surface area contributed by atoms with Gasteiger partial charge in [0.1, 0.15) is 11.6 Å². The van der Waals surface area contributed by atoms with Crippen molar-refractivity contribution in [1.82, 2.24) is 9.97 Å². The number of hydrogen-bond donors (Lipinski definition) is 2. The van der Waals surface area contributed by atoms with Crippen LogP contribution in [0.25, 0.3) is 0 Å². The molecule has 0 radical (unpaired) electrons. The van der Waals surface area contributed by atoms with Gasteiger partial charge in [-0.15, -0.1) is 0 Å². The van der Waals surface area contributed by atoms with Crippen molar-refractivity contribution in [3.8, 4) is 0 Å². The van der Waals surface area contributed by atoms with Crippen molar-refractivity contribution in [3.63, 3.8) is 0 Å². The number of thioether (sulfide) groups is 1. The SMILES string of the molecule is O=C1CC(c2ccc(Cl)cc2)c2c(nc(SCc3cccc(F)c3)[nH]c2=O)N1. The van der Waals surface area contributed by atoms with Crippen molar-refractivity contribution in [3.05, 3.63) is 86.4 Å². The van der Waals surface area contributed by atoms with Gasteiger partial charge in [0.15, 0.2) is 5.16 Å². The molecule has 1 aliphatic heterocycles. The van der Waals surface area contributed by atoms with E-state index in [4.69, 9.17) is 11.6 Å². The van der Waals surface area contributed by atoms with Gasteiger partial charge in [-0.05, 0) is 35.4 Å². The van der Waals surface area contributed by atoms with Crippen molar-refractivity contribution in [2.75, 3.05) is 5.32 Å². The topological polar surface area (TPSA) is 74.8 Å². The molecule has 0 saturated carbocycles. The lowest BCUT2D eigenvalue weighted by Crippen LogP contribution is -2.31. The van der Waals surface area contributed by atoms with Crippen LogP contribution in [0.15, 0.2) is 58.5 Å². The number of aromatic amines is 1. The number of nitrogens with zero attached hydrogens (tertiary/aromatic N) is 1. The molecule has 1 aliphatic rings. The van der Waals surface area contributed by atoms with E-state index >= 15 is 0 Å². The second-order valence-corrected chi connectivity index (χ2v) is 7.81. The number of fused-ring (bicyclic) bond motifs is 1. The molecule has 0 saturated heterocycles. The van der Waals surface area contributed by atoms with E-state index in [2.05, 4.69) is 15.3 Å². The van der Waals surface area contributed by atoms with Crippen LogP contribution >= 0.6 is 23.4 Å². The van der Waals surface area contributed by atoms with Crippen molar-refractivity contribution in [1.29, 1.82) is 0 Å². The first-order valence-electron chi connectivity index (χ1n) is 8.56. The first-order valence-corrected chi connectivity index (χ1v) is 9.93. The molecule has 0 bridgehead atoms. The molecule has 1 amide bonds. The molecule has 3 aromatic rings. The van der Waals surface area contributed by atoms with Gasteiger partial charge in [0.2, 0.25) is 5.91 Å². The third-order valence-corrected chi connectivity index (χ3v) is 5.66. The van der Waals surface area contributed by atoms with E-state index in [0.717, 1.165) is 11.1 Å². The normalized spacial score (nSPS) is 15.8. The molecule has 0 aliphatic carbocycles. The molecule has 1 atom stereocenters. The summed E-state index contributed by atoms with van der Waals surface area (Å²) < 4.78 is 13.3. The van der Waals surface area contributed by atoms with Crippen LogP contribution < -0.4 is 10.9 Å². The zero-order valence-corrected chi connectivity index (χ0v) is 16.1. The van der Waals surface area contributed by atoms with Gasteiger partial charge in [-0.1, -0.05) is 47.6 Å². The van der Waals surface area contributed by atoms with Crippen molar-refractivity contribution in [2.45, 2.75) is 23.2 Å². The van der Waals surface area contributed by atoms with Crippen molar-refractivity contribution in [2.24, 2.45) is 0 Å². The van der Waals surface area contributed by atoms with Crippen LogP contribution in [-0.2, 0) is 10.5 Å². The van der Waals surface area contributed by atoms with Gasteiger partial charge in [0.25, 0.3) is 5.56 Å². The van der Waals surface area contributed by atoms with Crippen LogP contribution in [0.2, 0.25) is 5.02 Å². The first-order chi connectivity index (χ1) is 13.5. The monoisotopic (exact) mass is 415 g/mol. The highest BCUT2D eigenvalue weighted by Gasteiger charge is 2.30. The molecule has 28 heavy (non-hydrogen) atoms. The van der Waals surface area contributed by atoms with Gasteiger partial charge in [-0.3, -0.25) is 9.59 Å². The number of carbonyl (C=O) groups is 1.